The maximum Gasteiger partial charge on any atom is 0.0179 e. The van der Waals surface area contributed by atoms with Crippen LogP contribution in [0.3, 0.4) is 0 Å². The monoisotopic (exact) mass is 225 g/mol. The number of piperidine rings is 1. The summed E-state index contributed by atoms with van der Waals surface area (Å²) < 4.78 is 0. The molecule has 0 saturated carbocycles. The van der Waals surface area contributed by atoms with Gasteiger partial charge in [-0.2, -0.15) is 0 Å². The van der Waals surface area contributed by atoms with Gasteiger partial charge < -0.3 is 5.32 Å². The normalized spacial score (nSPS) is 38.4. The molecule has 88 valence electrons. The minimum atomic E-state index is 0.458. The molecule has 0 unspecified atom stereocenters. The zero-order valence-electron chi connectivity index (χ0n) is 10.2. The third kappa shape index (κ3) is 1.23. The van der Waals surface area contributed by atoms with E-state index in [2.05, 4.69) is 41.7 Å². The Morgan fingerprint density at radius 1 is 1.18 bits per heavy atom. The number of nitrogens with one attached hydrogen (secondary N) is 1. The molecule has 3 atom stereocenters. The lowest BCUT2D eigenvalue weighted by atomic mass is 9.54. The molecule has 0 spiro atoms. The Kier molecular flexibility index (Phi) is 2.01. The summed E-state index contributed by atoms with van der Waals surface area (Å²) in [5.41, 5.74) is 3.71. The lowest BCUT2D eigenvalue weighted by Gasteiger charge is -2.54. The fraction of sp³-hybridized carbons (Fsp3) is 0.500. The van der Waals surface area contributed by atoms with Gasteiger partial charge in [-0.15, -0.1) is 0 Å². The van der Waals surface area contributed by atoms with E-state index in [0.717, 1.165) is 5.92 Å². The number of allylic oxidation sites excluding steroid dienone is 1. The molecule has 2 aliphatic carbocycles. The minimum Gasteiger partial charge on any atom is -0.313 e. The molecular weight excluding hydrogens is 206 g/mol. The lowest BCUT2D eigenvalue weighted by Crippen LogP contribution is -2.58. The van der Waals surface area contributed by atoms with Crippen molar-refractivity contribution in [1.82, 2.24) is 5.32 Å². The second kappa shape index (κ2) is 3.46. The smallest absolute Gasteiger partial charge is 0.0179 e. The zero-order valence-corrected chi connectivity index (χ0v) is 10.2. The zero-order chi connectivity index (χ0) is 11.3. The molecule has 1 heterocycles. The van der Waals surface area contributed by atoms with Crippen LogP contribution in [0.25, 0.3) is 0 Å². The van der Waals surface area contributed by atoms with E-state index < -0.39 is 0 Å². The first-order valence-corrected chi connectivity index (χ1v) is 6.89. The van der Waals surface area contributed by atoms with E-state index in [1.54, 1.807) is 11.1 Å². The van der Waals surface area contributed by atoms with E-state index in [1.807, 2.05) is 0 Å². The molecule has 3 aliphatic rings. The Morgan fingerprint density at radius 2 is 2.12 bits per heavy atom. The lowest BCUT2D eigenvalue weighted by molar-refractivity contribution is 0.147. The van der Waals surface area contributed by atoms with Gasteiger partial charge >= 0.3 is 0 Å². The van der Waals surface area contributed by atoms with E-state index in [9.17, 15) is 0 Å². The van der Waals surface area contributed by atoms with Crippen LogP contribution in [0.1, 0.15) is 30.4 Å². The molecule has 1 fully saturated rings. The van der Waals surface area contributed by atoms with Crippen LogP contribution in [0.2, 0.25) is 0 Å². The van der Waals surface area contributed by atoms with Crippen molar-refractivity contribution in [3.63, 3.8) is 0 Å². The van der Waals surface area contributed by atoms with Crippen LogP contribution in [0.15, 0.2) is 36.4 Å². The average Bonchev–Trinajstić information content (AvgIpc) is 2.39. The molecule has 1 saturated heterocycles. The van der Waals surface area contributed by atoms with Gasteiger partial charge in [0.25, 0.3) is 0 Å². The van der Waals surface area contributed by atoms with Gasteiger partial charge in [0.1, 0.15) is 0 Å². The van der Waals surface area contributed by atoms with E-state index >= 15 is 0 Å². The predicted octanol–water partition coefficient (Wildman–Crippen LogP) is 2.81. The third-order valence-electron chi connectivity index (χ3n) is 5.14. The number of hydrogen-bond acceptors (Lipinski definition) is 1. The molecule has 0 radical (unpaired) electrons. The van der Waals surface area contributed by atoms with Crippen LogP contribution < -0.4 is 5.32 Å². The van der Waals surface area contributed by atoms with Gasteiger partial charge in [0, 0.05) is 17.4 Å². The van der Waals surface area contributed by atoms with Crippen LogP contribution >= 0.6 is 0 Å². The van der Waals surface area contributed by atoms with Crippen molar-refractivity contribution >= 4 is 0 Å². The highest BCUT2D eigenvalue weighted by Crippen LogP contribution is 2.51. The van der Waals surface area contributed by atoms with Gasteiger partial charge in [0.05, 0.1) is 0 Å². The molecule has 1 aliphatic heterocycles. The highest BCUT2D eigenvalue weighted by Gasteiger charge is 2.49. The van der Waals surface area contributed by atoms with Crippen LogP contribution in [-0.2, 0) is 11.8 Å². The summed E-state index contributed by atoms with van der Waals surface area (Å²) in [6, 6.07) is 9.83. The Labute approximate surface area is 103 Å². The summed E-state index contributed by atoms with van der Waals surface area (Å²) in [5, 5.41) is 3.73. The van der Waals surface area contributed by atoms with E-state index in [1.165, 1.54) is 32.2 Å². The van der Waals surface area contributed by atoms with Gasteiger partial charge in [-0.1, -0.05) is 36.4 Å². The summed E-state index contributed by atoms with van der Waals surface area (Å²) in [5.74, 6) is 0.736. The molecule has 1 heteroatoms. The molecular formula is C16H19N. The third-order valence-corrected chi connectivity index (χ3v) is 5.14. The highest BCUT2D eigenvalue weighted by molar-refractivity contribution is 5.42. The first-order valence-electron chi connectivity index (χ1n) is 6.89. The quantitative estimate of drug-likeness (QED) is 0.669. The van der Waals surface area contributed by atoms with Crippen molar-refractivity contribution in [2.75, 3.05) is 6.54 Å². The summed E-state index contributed by atoms with van der Waals surface area (Å²) in [6.45, 7) is 1.20. The second-order valence-electron chi connectivity index (χ2n) is 5.82. The van der Waals surface area contributed by atoms with Gasteiger partial charge in [0.15, 0.2) is 0 Å². The van der Waals surface area contributed by atoms with Crippen molar-refractivity contribution in [2.24, 2.45) is 5.92 Å². The van der Waals surface area contributed by atoms with E-state index in [0.29, 0.717) is 11.5 Å². The Balaban J connectivity index is 1.95. The summed E-state index contributed by atoms with van der Waals surface area (Å²) in [6.07, 6.45) is 10.0. The summed E-state index contributed by atoms with van der Waals surface area (Å²) >= 11 is 0. The number of hydrogen-bond donors (Lipinski definition) is 1. The van der Waals surface area contributed by atoms with Crippen LogP contribution in [-0.4, -0.2) is 12.6 Å². The molecule has 4 rings (SSSR count). The standard InChI is InChI=1S/C16H19N/c1-2-6-13-12(5-1)11-15-14-7-3-4-8-16(13,14)9-10-17-15/h1-3,5-7,14-15,17H,4,8-11H2/t14-,15+,16-/m0/s1. The second-order valence-corrected chi connectivity index (χ2v) is 5.82. The molecule has 1 aromatic carbocycles. The van der Waals surface area contributed by atoms with Crippen molar-refractivity contribution in [3.05, 3.63) is 47.5 Å². The molecule has 0 aromatic heterocycles. The van der Waals surface area contributed by atoms with Crippen molar-refractivity contribution in [2.45, 2.75) is 37.1 Å². The first kappa shape index (κ1) is 9.90. The molecule has 2 bridgehead atoms. The van der Waals surface area contributed by atoms with Crippen molar-refractivity contribution < 1.29 is 0 Å². The van der Waals surface area contributed by atoms with Crippen molar-refractivity contribution in [3.8, 4) is 0 Å². The molecule has 1 aromatic rings. The largest absolute Gasteiger partial charge is 0.313 e. The first-order chi connectivity index (χ1) is 8.40. The fourth-order valence-electron chi connectivity index (χ4n) is 4.42. The number of benzene rings is 1. The highest BCUT2D eigenvalue weighted by atomic mass is 15.0. The van der Waals surface area contributed by atoms with Crippen molar-refractivity contribution in [1.29, 1.82) is 0 Å². The van der Waals surface area contributed by atoms with Gasteiger partial charge in [-0.25, -0.2) is 0 Å². The summed E-state index contributed by atoms with van der Waals surface area (Å²) in [4.78, 5) is 0. The van der Waals surface area contributed by atoms with Crippen LogP contribution in [0.5, 0.6) is 0 Å². The number of fused-ring (bicyclic) bond motifs is 1. The maximum absolute atomic E-state index is 3.73. The summed E-state index contributed by atoms with van der Waals surface area (Å²) in [7, 11) is 0. The molecule has 0 amide bonds. The maximum atomic E-state index is 3.73. The van der Waals surface area contributed by atoms with Crippen LogP contribution in [0.4, 0.5) is 0 Å². The molecule has 17 heavy (non-hydrogen) atoms. The predicted molar refractivity (Wildman–Crippen MR) is 70.1 cm³/mol. The fourth-order valence-corrected chi connectivity index (χ4v) is 4.42. The van der Waals surface area contributed by atoms with E-state index in [4.69, 9.17) is 0 Å². The molecule has 1 nitrogen and oxygen atoms in total. The van der Waals surface area contributed by atoms with E-state index in [-0.39, 0.29) is 0 Å². The Hall–Kier alpha value is -1.08. The SMILES string of the molecule is C1=C[C@H]2[C@H]3Cc4ccccc4[C@]2(CC1)CCN3. The van der Waals surface area contributed by atoms with Gasteiger partial charge in [-0.05, 0) is 43.4 Å². The molecule has 1 N–H and O–H groups in total. The van der Waals surface area contributed by atoms with Crippen LogP contribution in [0, 0.1) is 5.92 Å². The minimum absolute atomic E-state index is 0.458. The Morgan fingerprint density at radius 3 is 3.12 bits per heavy atom. The van der Waals surface area contributed by atoms with Gasteiger partial charge in [0.2, 0.25) is 0 Å². The Bertz CT molecular complexity index is 476. The topological polar surface area (TPSA) is 12.0 Å². The average molecular weight is 225 g/mol. The number of rotatable bonds is 0. The van der Waals surface area contributed by atoms with Gasteiger partial charge in [-0.3, -0.25) is 0 Å².